The first-order valence-electron chi connectivity index (χ1n) is 6.30. The number of likely N-dealkylation sites (tertiary alicyclic amines) is 1. The van der Waals surface area contributed by atoms with Crippen LogP contribution in [0.15, 0.2) is 0 Å². The first-order valence-corrected chi connectivity index (χ1v) is 6.30. The van der Waals surface area contributed by atoms with Gasteiger partial charge < -0.3 is 20.3 Å². The van der Waals surface area contributed by atoms with Crippen molar-refractivity contribution >= 4 is 12.0 Å². The number of likely N-dealkylation sites (N-methyl/N-ethyl adjacent to an activating group) is 1. The second-order valence-corrected chi connectivity index (χ2v) is 5.42. The molecule has 1 fully saturated rings. The largest absolute Gasteiger partial charge is 0.444 e. The number of rotatable bonds is 4. The van der Waals surface area contributed by atoms with Crippen molar-refractivity contribution in [3.63, 3.8) is 0 Å². The predicted octanol–water partition coefficient (Wildman–Crippen LogP) is 0.331. The van der Waals surface area contributed by atoms with Gasteiger partial charge in [-0.3, -0.25) is 4.79 Å². The van der Waals surface area contributed by atoms with Crippen LogP contribution in [0.3, 0.4) is 0 Å². The van der Waals surface area contributed by atoms with Crippen molar-refractivity contribution in [3.8, 4) is 0 Å². The Morgan fingerprint density at radius 1 is 1.33 bits per heavy atom. The molecule has 0 aromatic rings. The van der Waals surface area contributed by atoms with Crippen molar-refractivity contribution < 1.29 is 14.3 Å². The molecule has 6 heteroatoms. The molecule has 2 amide bonds. The molecule has 1 rings (SSSR count). The van der Waals surface area contributed by atoms with Crippen molar-refractivity contribution in [2.75, 3.05) is 26.2 Å². The van der Waals surface area contributed by atoms with Crippen molar-refractivity contribution in [1.82, 2.24) is 15.5 Å². The second-order valence-electron chi connectivity index (χ2n) is 5.42. The zero-order valence-electron chi connectivity index (χ0n) is 11.6. The summed E-state index contributed by atoms with van der Waals surface area (Å²) < 4.78 is 5.23. The molecule has 0 aromatic carbocycles. The topological polar surface area (TPSA) is 70.7 Å². The van der Waals surface area contributed by atoms with Crippen LogP contribution in [0.25, 0.3) is 0 Å². The Hall–Kier alpha value is -1.30. The van der Waals surface area contributed by atoms with Crippen LogP contribution in [-0.2, 0) is 9.53 Å². The van der Waals surface area contributed by atoms with E-state index in [4.69, 9.17) is 4.74 Å². The van der Waals surface area contributed by atoms with Gasteiger partial charge in [-0.15, -0.1) is 0 Å². The number of nitrogens with one attached hydrogen (secondary N) is 2. The highest BCUT2D eigenvalue weighted by atomic mass is 16.6. The highest BCUT2D eigenvalue weighted by Crippen LogP contribution is 2.14. The van der Waals surface area contributed by atoms with E-state index in [1.165, 1.54) is 0 Å². The van der Waals surface area contributed by atoms with Crippen molar-refractivity contribution in [2.24, 2.45) is 0 Å². The monoisotopic (exact) mass is 257 g/mol. The van der Waals surface area contributed by atoms with Crippen LogP contribution in [0.5, 0.6) is 0 Å². The highest BCUT2D eigenvalue weighted by molar-refractivity contribution is 5.78. The first-order chi connectivity index (χ1) is 8.31. The fourth-order valence-electron chi connectivity index (χ4n) is 1.58. The van der Waals surface area contributed by atoms with E-state index >= 15 is 0 Å². The molecule has 0 bridgehead atoms. The third-order valence-electron chi connectivity index (χ3n) is 2.46. The SMILES string of the molecule is CCNC(=O)CNC1CN(C(=O)OC(C)(C)C)C1. The predicted molar refractivity (Wildman–Crippen MR) is 68.3 cm³/mol. The Bertz CT molecular complexity index is 306. The smallest absolute Gasteiger partial charge is 0.410 e. The molecule has 0 unspecified atom stereocenters. The summed E-state index contributed by atoms with van der Waals surface area (Å²) in [4.78, 5) is 24.5. The van der Waals surface area contributed by atoms with Gasteiger partial charge in [0.15, 0.2) is 0 Å². The minimum atomic E-state index is -0.462. The summed E-state index contributed by atoms with van der Waals surface area (Å²) in [6, 6.07) is 0.181. The molecule has 0 aromatic heterocycles. The molecule has 1 heterocycles. The molecule has 0 aliphatic carbocycles. The summed E-state index contributed by atoms with van der Waals surface area (Å²) in [7, 11) is 0. The maximum atomic E-state index is 11.6. The molecule has 104 valence electrons. The molecule has 0 atom stereocenters. The molecular formula is C12H23N3O3. The van der Waals surface area contributed by atoms with Crippen LogP contribution in [0, 0.1) is 0 Å². The molecule has 2 N–H and O–H groups in total. The van der Waals surface area contributed by atoms with Crippen LogP contribution in [0.1, 0.15) is 27.7 Å². The van der Waals surface area contributed by atoms with E-state index in [0.29, 0.717) is 26.2 Å². The molecule has 1 saturated heterocycles. The number of amides is 2. The average Bonchev–Trinajstić information content (AvgIpc) is 2.12. The molecule has 6 nitrogen and oxygen atoms in total. The number of ether oxygens (including phenoxy) is 1. The van der Waals surface area contributed by atoms with Gasteiger partial charge in [-0.1, -0.05) is 0 Å². The Labute approximate surface area is 108 Å². The molecule has 18 heavy (non-hydrogen) atoms. The van der Waals surface area contributed by atoms with E-state index in [1.807, 2.05) is 27.7 Å². The fraction of sp³-hybridized carbons (Fsp3) is 0.833. The lowest BCUT2D eigenvalue weighted by molar-refractivity contribution is -0.120. The quantitative estimate of drug-likeness (QED) is 0.761. The lowest BCUT2D eigenvalue weighted by Crippen LogP contribution is -2.61. The van der Waals surface area contributed by atoms with Gasteiger partial charge >= 0.3 is 6.09 Å². The maximum Gasteiger partial charge on any atom is 0.410 e. The number of carbonyl (C=O) groups excluding carboxylic acids is 2. The lowest BCUT2D eigenvalue weighted by atomic mass is 10.1. The Morgan fingerprint density at radius 2 is 1.94 bits per heavy atom. The van der Waals surface area contributed by atoms with Gasteiger partial charge in [0, 0.05) is 25.7 Å². The minimum absolute atomic E-state index is 0.0202. The normalized spacial score (nSPS) is 16.1. The summed E-state index contributed by atoms with van der Waals surface area (Å²) in [6.45, 7) is 9.52. The Morgan fingerprint density at radius 3 is 2.44 bits per heavy atom. The fourth-order valence-corrected chi connectivity index (χ4v) is 1.58. The average molecular weight is 257 g/mol. The van der Waals surface area contributed by atoms with E-state index in [0.717, 1.165) is 0 Å². The molecule has 0 saturated carbocycles. The first kappa shape index (κ1) is 14.8. The molecule has 1 aliphatic heterocycles. The van der Waals surface area contributed by atoms with Gasteiger partial charge in [-0.05, 0) is 27.7 Å². The number of hydrogen-bond acceptors (Lipinski definition) is 4. The summed E-state index contributed by atoms with van der Waals surface area (Å²) in [5, 5.41) is 5.80. The van der Waals surface area contributed by atoms with Crippen LogP contribution >= 0.6 is 0 Å². The minimum Gasteiger partial charge on any atom is -0.444 e. The van der Waals surface area contributed by atoms with Crippen LogP contribution < -0.4 is 10.6 Å². The summed E-state index contributed by atoms with van der Waals surface area (Å²) in [5.74, 6) is -0.0202. The standard InChI is InChI=1S/C12H23N3O3/c1-5-13-10(16)6-14-9-7-15(8-9)11(17)18-12(2,3)4/h9,14H,5-8H2,1-4H3,(H,13,16). The van der Waals surface area contributed by atoms with Gasteiger partial charge in [0.05, 0.1) is 6.54 Å². The zero-order chi connectivity index (χ0) is 13.8. The Kier molecular flexibility index (Phi) is 4.95. The van der Waals surface area contributed by atoms with Gasteiger partial charge in [-0.25, -0.2) is 4.79 Å². The van der Waals surface area contributed by atoms with E-state index in [1.54, 1.807) is 4.90 Å². The third-order valence-corrected chi connectivity index (χ3v) is 2.46. The van der Waals surface area contributed by atoms with Crippen molar-refractivity contribution in [3.05, 3.63) is 0 Å². The highest BCUT2D eigenvalue weighted by Gasteiger charge is 2.33. The van der Waals surface area contributed by atoms with Crippen LogP contribution in [0.4, 0.5) is 4.79 Å². The number of carbonyl (C=O) groups is 2. The Balaban J connectivity index is 2.16. The van der Waals surface area contributed by atoms with Gasteiger partial charge in [-0.2, -0.15) is 0 Å². The molecule has 0 radical (unpaired) electrons. The van der Waals surface area contributed by atoms with Crippen LogP contribution in [-0.4, -0.2) is 54.7 Å². The van der Waals surface area contributed by atoms with Crippen LogP contribution in [0.2, 0.25) is 0 Å². The van der Waals surface area contributed by atoms with Gasteiger partial charge in [0.2, 0.25) is 5.91 Å². The van der Waals surface area contributed by atoms with Crippen molar-refractivity contribution in [1.29, 1.82) is 0 Å². The maximum absolute atomic E-state index is 11.6. The lowest BCUT2D eigenvalue weighted by Gasteiger charge is -2.40. The van der Waals surface area contributed by atoms with Gasteiger partial charge in [0.1, 0.15) is 5.60 Å². The number of nitrogens with zero attached hydrogens (tertiary/aromatic N) is 1. The summed E-state index contributed by atoms with van der Waals surface area (Å²) in [6.07, 6.45) is -0.293. The van der Waals surface area contributed by atoms with E-state index in [-0.39, 0.29) is 18.0 Å². The molecule has 1 aliphatic rings. The molecular weight excluding hydrogens is 234 g/mol. The van der Waals surface area contributed by atoms with E-state index < -0.39 is 5.60 Å². The zero-order valence-corrected chi connectivity index (χ0v) is 11.6. The van der Waals surface area contributed by atoms with Gasteiger partial charge in [0.25, 0.3) is 0 Å². The summed E-state index contributed by atoms with van der Waals surface area (Å²) >= 11 is 0. The molecule has 0 spiro atoms. The van der Waals surface area contributed by atoms with E-state index in [9.17, 15) is 9.59 Å². The third kappa shape index (κ3) is 4.91. The van der Waals surface area contributed by atoms with Crippen molar-refractivity contribution in [2.45, 2.75) is 39.3 Å². The second kappa shape index (κ2) is 6.04. The van der Waals surface area contributed by atoms with E-state index in [2.05, 4.69) is 10.6 Å². The number of hydrogen-bond donors (Lipinski definition) is 2. The summed E-state index contributed by atoms with van der Waals surface area (Å²) in [5.41, 5.74) is -0.462.